The lowest BCUT2D eigenvalue weighted by atomic mass is 9.97. The summed E-state index contributed by atoms with van der Waals surface area (Å²) < 4.78 is 9.84. The molecule has 0 N–H and O–H groups in total. The molecule has 1 aliphatic heterocycles. The topological polar surface area (TPSA) is 69.7 Å². The molecule has 1 fully saturated rings. The molecule has 19 heavy (non-hydrogen) atoms. The highest BCUT2D eigenvalue weighted by Gasteiger charge is 2.46. The summed E-state index contributed by atoms with van der Waals surface area (Å²) in [5.74, 6) is -4.09. The minimum absolute atomic E-state index is 0.210. The van der Waals surface area contributed by atoms with Crippen molar-refractivity contribution in [3.8, 4) is 0 Å². The Hall–Kier alpha value is -1.39. The van der Waals surface area contributed by atoms with E-state index < -0.39 is 29.4 Å². The molecule has 0 aromatic carbocycles. The summed E-state index contributed by atoms with van der Waals surface area (Å²) >= 11 is 0. The van der Waals surface area contributed by atoms with E-state index >= 15 is 0 Å². The van der Waals surface area contributed by atoms with Crippen molar-refractivity contribution in [1.82, 2.24) is 0 Å². The van der Waals surface area contributed by atoms with Crippen molar-refractivity contribution in [2.45, 2.75) is 59.2 Å². The molecule has 0 atom stereocenters. The first-order chi connectivity index (χ1) is 8.73. The predicted molar refractivity (Wildman–Crippen MR) is 68.1 cm³/mol. The number of hydrogen-bond donors (Lipinski definition) is 0. The van der Waals surface area contributed by atoms with E-state index in [0.717, 1.165) is 12.8 Å². The number of carbonyl (C=O) groups is 3. The van der Waals surface area contributed by atoms with Gasteiger partial charge in [-0.25, -0.2) is 0 Å². The van der Waals surface area contributed by atoms with E-state index in [-0.39, 0.29) is 6.42 Å². The van der Waals surface area contributed by atoms with Gasteiger partial charge in [-0.1, -0.05) is 26.7 Å². The van der Waals surface area contributed by atoms with E-state index in [0.29, 0.717) is 12.3 Å². The molecular formula is C14H22O5. The lowest BCUT2D eigenvalue weighted by Gasteiger charge is -2.32. The molecule has 1 aliphatic rings. The minimum Gasteiger partial charge on any atom is -0.422 e. The Labute approximate surface area is 113 Å². The number of unbranched alkanes of at least 4 members (excludes halogenated alkanes) is 1. The van der Waals surface area contributed by atoms with Crippen molar-refractivity contribution in [3.05, 3.63) is 0 Å². The predicted octanol–water partition coefficient (Wildman–Crippen LogP) is 2.22. The van der Waals surface area contributed by atoms with Crippen molar-refractivity contribution in [2.75, 3.05) is 0 Å². The summed E-state index contributed by atoms with van der Waals surface area (Å²) in [4.78, 5) is 35.2. The molecule has 0 amide bonds. The number of esters is 2. The highest BCUT2D eigenvalue weighted by Crippen LogP contribution is 2.24. The van der Waals surface area contributed by atoms with Crippen molar-refractivity contribution in [3.63, 3.8) is 0 Å². The van der Waals surface area contributed by atoms with Gasteiger partial charge in [-0.2, -0.15) is 0 Å². The first-order valence-electron chi connectivity index (χ1n) is 6.71. The van der Waals surface area contributed by atoms with Gasteiger partial charge in [0.05, 0.1) is 0 Å². The second-order valence-corrected chi connectivity index (χ2v) is 5.78. The van der Waals surface area contributed by atoms with Crippen molar-refractivity contribution < 1.29 is 23.9 Å². The molecule has 1 rings (SSSR count). The molecule has 0 aliphatic carbocycles. The summed E-state index contributed by atoms with van der Waals surface area (Å²) in [5, 5.41) is 0. The Morgan fingerprint density at radius 2 is 1.68 bits per heavy atom. The molecule has 0 unspecified atom stereocenters. The molecule has 5 heteroatoms. The Balaban J connectivity index is 2.48. The molecule has 0 aromatic rings. The number of carbonyl (C=O) groups excluding carboxylic acids is 3. The van der Waals surface area contributed by atoms with Crippen LogP contribution in [0.5, 0.6) is 0 Å². The van der Waals surface area contributed by atoms with Gasteiger partial charge < -0.3 is 9.47 Å². The van der Waals surface area contributed by atoms with Crippen LogP contribution in [0.3, 0.4) is 0 Å². The zero-order valence-corrected chi connectivity index (χ0v) is 12.0. The molecule has 5 nitrogen and oxygen atoms in total. The number of hydrogen-bond acceptors (Lipinski definition) is 5. The van der Waals surface area contributed by atoms with Gasteiger partial charge in [-0.05, 0) is 12.3 Å². The van der Waals surface area contributed by atoms with Gasteiger partial charge in [0.1, 0.15) is 0 Å². The van der Waals surface area contributed by atoms with Gasteiger partial charge >= 0.3 is 11.9 Å². The number of cyclic esters (lactones) is 2. The van der Waals surface area contributed by atoms with Crippen LogP contribution in [-0.4, -0.2) is 23.5 Å². The van der Waals surface area contributed by atoms with Gasteiger partial charge in [0.2, 0.25) is 5.92 Å². The largest absolute Gasteiger partial charge is 0.422 e. The van der Waals surface area contributed by atoms with E-state index in [1.54, 1.807) is 0 Å². The maximum absolute atomic E-state index is 11.9. The van der Waals surface area contributed by atoms with E-state index in [1.807, 2.05) is 0 Å². The lowest BCUT2D eigenvalue weighted by Crippen LogP contribution is -2.49. The first-order valence-corrected chi connectivity index (χ1v) is 6.71. The van der Waals surface area contributed by atoms with Crippen molar-refractivity contribution in [2.24, 2.45) is 11.8 Å². The van der Waals surface area contributed by atoms with E-state index in [4.69, 9.17) is 9.47 Å². The maximum Gasteiger partial charge on any atom is 0.331 e. The van der Waals surface area contributed by atoms with E-state index in [1.165, 1.54) is 13.8 Å². The molecule has 0 aromatic heterocycles. The number of ketones is 1. The second kappa shape index (κ2) is 6.17. The van der Waals surface area contributed by atoms with Gasteiger partial charge in [0.25, 0.3) is 5.79 Å². The summed E-state index contributed by atoms with van der Waals surface area (Å²) in [6.07, 6.45) is 2.82. The van der Waals surface area contributed by atoms with Crippen LogP contribution in [0.1, 0.15) is 53.4 Å². The lowest BCUT2D eigenvalue weighted by molar-refractivity contribution is -0.238. The van der Waals surface area contributed by atoms with Crippen LogP contribution in [-0.2, 0) is 23.9 Å². The zero-order valence-electron chi connectivity index (χ0n) is 12.0. The Bertz CT molecular complexity index is 350. The standard InChI is InChI=1S/C14H22O5/c1-9(2)7-5-6-8-10(15)11-12(16)18-14(3,4)19-13(11)17/h9,11H,5-8H2,1-4H3. The summed E-state index contributed by atoms with van der Waals surface area (Å²) in [6, 6.07) is 0. The fourth-order valence-electron chi connectivity index (χ4n) is 1.98. The molecule has 108 valence electrons. The third-order valence-electron chi connectivity index (χ3n) is 2.94. The first kappa shape index (κ1) is 15.7. The van der Waals surface area contributed by atoms with Crippen LogP contribution in [0.4, 0.5) is 0 Å². The van der Waals surface area contributed by atoms with Crippen LogP contribution < -0.4 is 0 Å². The van der Waals surface area contributed by atoms with E-state index in [2.05, 4.69) is 13.8 Å². The van der Waals surface area contributed by atoms with Crippen LogP contribution in [0.25, 0.3) is 0 Å². The van der Waals surface area contributed by atoms with Gasteiger partial charge in [0, 0.05) is 20.3 Å². The number of Topliss-reactive ketones (excluding diaryl/α,β-unsaturated/α-hetero) is 1. The minimum atomic E-state index is -1.40. The van der Waals surface area contributed by atoms with Crippen LogP contribution >= 0.6 is 0 Å². The average molecular weight is 270 g/mol. The van der Waals surface area contributed by atoms with Gasteiger partial charge in [-0.3, -0.25) is 14.4 Å². The van der Waals surface area contributed by atoms with Gasteiger partial charge in [0.15, 0.2) is 5.78 Å². The number of rotatable bonds is 6. The highest BCUT2D eigenvalue weighted by atomic mass is 16.7. The molecule has 0 saturated carbocycles. The maximum atomic E-state index is 11.9. The summed E-state index contributed by atoms with van der Waals surface area (Å²) in [5.41, 5.74) is 0. The molecule has 0 radical (unpaired) electrons. The summed E-state index contributed by atoms with van der Waals surface area (Å²) in [7, 11) is 0. The monoisotopic (exact) mass is 270 g/mol. The average Bonchev–Trinajstić information content (AvgIpc) is 2.21. The molecule has 1 saturated heterocycles. The van der Waals surface area contributed by atoms with E-state index in [9.17, 15) is 14.4 Å². The Morgan fingerprint density at radius 3 is 2.16 bits per heavy atom. The second-order valence-electron chi connectivity index (χ2n) is 5.78. The fourth-order valence-corrected chi connectivity index (χ4v) is 1.98. The van der Waals surface area contributed by atoms with Crippen LogP contribution in [0.15, 0.2) is 0 Å². The number of ether oxygens (including phenoxy) is 2. The third-order valence-corrected chi connectivity index (χ3v) is 2.94. The molecule has 0 bridgehead atoms. The Morgan fingerprint density at radius 1 is 1.16 bits per heavy atom. The fraction of sp³-hybridized carbons (Fsp3) is 0.786. The Kier molecular flexibility index (Phi) is 5.09. The quantitative estimate of drug-likeness (QED) is 0.420. The van der Waals surface area contributed by atoms with Gasteiger partial charge in [-0.15, -0.1) is 0 Å². The molecular weight excluding hydrogens is 248 g/mol. The van der Waals surface area contributed by atoms with Crippen molar-refractivity contribution >= 4 is 17.7 Å². The normalized spacial score (nSPS) is 19.2. The molecule has 0 spiro atoms. The smallest absolute Gasteiger partial charge is 0.331 e. The third kappa shape index (κ3) is 4.65. The summed E-state index contributed by atoms with van der Waals surface area (Å²) in [6.45, 7) is 7.15. The van der Waals surface area contributed by atoms with Crippen LogP contribution in [0.2, 0.25) is 0 Å². The van der Waals surface area contributed by atoms with Crippen LogP contribution in [0, 0.1) is 11.8 Å². The van der Waals surface area contributed by atoms with Crippen molar-refractivity contribution in [1.29, 1.82) is 0 Å². The highest BCUT2D eigenvalue weighted by molar-refractivity contribution is 6.15. The zero-order chi connectivity index (χ0) is 14.6. The SMILES string of the molecule is CC(C)CCCCC(=O)C1C(=O)OC(C)(C)OC1=O. The molecule has 1 heterocycles.